The van der Waals surface area contributed by atoms with Crippen LogP contribution in [0.3, 0.4) is 0 Å². The van der Waals surface area contributed by atoms with Gasteiger partial charge in [0.15, 0.2) is 11.6 Å². The van der Waals surface area contributed by atoms with Crippen LogP contribution in [0.25, 0.3) is 0 Å². The van der Waals surface area contributed by atoms with Gasteiger partial charge in [0.05, 0.1) is 7.11 Å². The highest BCUT2D eigenvalue weighted by Crippen LogP contribution is 2.26. The van der Waals surface area contributed by atoms with Crippen molar-refractivity contribution >= 4 is 5.97 Å². The Morgan fingerprint density at radius 3 is 2.38 bits per heavy atom. The second kappa shape index (κ2) is 8.16. The third-order valence-corrected chi connectivity index (χ3v) is 3.66. The Hall–Kier alpha value is -3.34. The Kier molecular flexibility index (Phi) is 5.49. The van der Waals surface area contributed by atoms with Crippen molar-refractivity contribution in [2.75, 3.05) is 7.11 Å². The van der Waals surface area contributed by atoms with Crippen molar-refractivity contribution in [3.05, 3.63) is 89.7 Å². The number of esters is 1. The normalized spacial score (nSPS) is 10.2. The van der Waals surface area contributed by atoms with Crippen molar-refractivity contribution in [3.8, 4) is 17.2 Å². The van der Waals surface area contributed by atoms with Crippen LogP contribution in [0.4, 0.5) is 4.39 Å². The fourth-order valence-corrected chi connectivity index (χ4v) is 2.37. The van der Waals surface area contributed by atoms with Crippen LogP contribution in [0.5, 0.6) is 17.2 Å². The molecule has 0 aliphatic rings. The molecule has 0 saturated carbocycles. The molecule has 132 valence electrons. The highest BCUT2D eigenvalue weighted by molar-refractivity contribution is 5.92. The van der Waals surface area contributed by atoms with E-state index >= 15 is 0 Å². The molecule has 0 aromatic heterocycles. The van der Waals surface area contributed by atoms with E-state index in [-0.39, 0.29) is 12.4 Å². The second-order valence-corrected chi connectivity index (χ2v) is 5.46. The summed E-state index contributed by atoms with van der Waals surface area (Å²) in [6, 6.07) is 20.4. The standard InChI is InChI=1S/C21H17FO4/c1-24-20-12-11-15(13-18(20)22)14-25-21(23)17-9-5-6-10-19(17)26-16-7-3-2-4-8-16/h2-13H,14H2,1H3. The number of carbonyl (C=O) groups excluding carboxylic acids is 1. The van der Waals surface area contributed by atoms with Gasteiger partial charge in [-0.2, -0.15) is 0 Å². The molecule has 5 heteroatoms. The van der Waals surface area contributed by atoms with Crippen LogP contribution in [-0.4, -0.2) is 13.1 Å². The molecule has 0 saturated heterocycles. The summed E-state index contributed by atoms with van der Waals surface area (Å²) in [6.07, 6.45) is 0. The van der Waals surface area contributed by atoms with E-state index in [1.54, 1.807) is 42.5 Å². The van der Waals surface area contributed by atoms with Crippen LogP contribution in [-0.2, 0) is 11.3 Å². The van der Waals surface area contributed by atoms with E-state index in [9.17, 15) is 9.18 Å². The molecule has 0 amide bonds. The summed E-state index contributed by atoms with van der Waals surface area (Å²) in [5, 5.41) is 0. The van der Waals surface area contributed by atoms with Crippen molar-refractivity contribution in [2.24, 2.45) is 0 Å². The predicted octanol–water partition coefficient (Wildman–Crippen LogP) is 4.98. The molecule has 3 aromatic rings. The number of hydrogen-bond acceptors (Lipinski definition) is 4. The molecule has 0 spiro atoms. The van der Waals surface area contributed by atoms with Crippen molar-refractivity contribution in [2.45, 2.75) is 6.61 Å². The van der Waals surface area contributed by atoms with Crippen LogP contribution < -0.4 is 9.47 Å². The van der Waals surface area contributed by atoms with Gasteiger partial charge in [0, 0.05) is 0 Å². The van der Waals surface area contributed by atoms with E-state index in [4.69, 9.17) is 14.2 Å². The minimum atomic E-state index is -0.548. The summed E-state index contributed by atoms with van der Waals surface area (Å²) < 4.78 is 29.6. The van der Waals surface area contributed by atoms with Gasteiger partial charge in [-0.15, -0.1) is 0 Å². The van der Waals surface area contributed by atoms with Gasteiger partial charge in [0.1, 0.15) is 23.7 Å². The summed E-state index contributed by atoms with van der Waals surface area (Å²) in [4.78, 5) is 12.4. The highest BCUT2D eigenvalue weighted by Gasteiger charge is 2.15. The third kappa shape index (κ3) is 4.19. The number of hydrogen-bond donors (Lipinski definition) is 0. The van der Waals surface area contributed by atoms with Crippen LogP contribution in [0, 0.1) is 5.82 Å². The van der Waals surface area contributed by atoms with Crippen molar-refractivity contribution in [1.82, 2.24) is 0 Å². The monoisotopic (exact) mass is 352 g/mol. The largest absolute Gasteiger partial charge is 0.494 e. The smallest absolute Gasteiger partial charge is 0.342 e. The predicted molar refractivity (Wildman–Crippen MR) is 95.0 cm³/mol. The van der Waals surface area contributed by atoms with Crippen LogP contribution in [0.2, 0.25) is 0 Å². The molecule has 0 heterocycles. The zero-order valence-electron chi connectivity index (χ0n) is 14.1. The van der Waals surface area contributed by atoms with Gasteiger partial charge in [-0.1, -0.05) is 36.4 Å². The molecule has 0 unspecified atom stereocenters. The molecule has 0 aliphatic carbocycles. The zero-order chi connectivity index (χ0) is 18.4. The van der Waals surface area contributed by atoms with E-state index in [0.717, 1.165) is 0 Å². The van der Waals surface area contributed by atoms with Crippen molar-refractivity contribution in [3.63, 3.8) is 0 Å². The first-order valence-electron chi connectivity index (χ1n) is 7.99. The Bertz CT molecular complexity index is 894. The molecule has 3 aromatic carbocycles. The van der Waals surface area contributed by atoms with Gasteiger partial charge in [-0.05, 0) is 42.0 Å². The van der Waals surface area contributed by atoms with Gasteiger partial charge in [0.25, 0.3) is 0 Å². The van der Waals surface area contributed by atoms with E-state index in [0.29, 0.717) is 22.6 Å². The first-order chi connectivity index (χ1) is 12.7. The first kappa shape index (κ1) is 17.5. The van der Waals surface area contributed by atoms with Gasteiger partial charge in [-0.25, -0.2) is 9.18 Å². The molecule has 0 radical (unpaired) electrons. The number of methoxy groups -OCH3 is 1. The van der Waals surface area contributed by atoms with E-state index in [1.165, 1.54) is 19.2 Å². The Morgan fingerprint density at radius 2 is 1.65 bits per heavy atom. The summed E-state index contributed by atoms with van der Waals surface area (Å²) in [5.74, 6) is 0.0953. The minimum absolute atomic E-state index is 0.0561. The van der Waals surface area contributed by atoms with E-state index < -0.39 is 11.8 Å². The lowest BCUT2D eigenvalue weighted by Crippen LogP contribution is -2.07. The number of halogens is 1. The maximum atomic E-state index is 13.7. The molecular formula is C21H17FO4. The minimum Gasteiger partial charge on any atom is -0.494 e. The Morgan fingerprint density at radius 1 is 0.923 bits per heavy atom. The topological polar surface area (TPSA) is 44.8 Å². The fourth-order valence-electron chi connectivity index (χ4n) is 2.37. The molecular weight excluding hydrogens is 335 g/mol. The number of benzene rings is 3. The number of rotatable bonds is 6. The Labute approximate surface area is 150 Å². The molecule has 26 heavy (non-hydrogen) atoms. The zero-order valence-corrected chi connectivity index (χ0v) is 14.1. The van der Waals surface area contributed by atoms with Crippen molar-refractivity contribution < 1.29 is 23.4 Å². The van der Waals surface area contributed by atoms with Crippen LogP contribution >= 0.6 is 0 Å². The molecule has 0 N–H and O–H groups in total. The maximum absolute atomic E-state index is 13.7. The molecule has 0 atom stereocenters. The number of ether oxygens (including phenoxy) is 3. The SMILES string of the molecule is COc1ccc(COC(=O)c2ccccc2Oc2ccccc2)cc1F. The van der Waals surface area contributed by atoms with Gasteiger partial charge < -0.3 is 14.2 Å². The molecule has 4 nitrogen and oxygen atoms in total. The van der Waals surface area contributed by atoms with E-state index in [1.807, 2.05) is 18.2 Å². The number of carbonyl (C=O) groups is 1. The molecule has 0 bridgehead atoms. The Balaban J connectivity index is 1.71. The number of para-hydroxylation sites is 2. The first-order valence-corrected chi connectivity index (χ1v) is 7.99. The third-order valence-electron chi connectivity index (χ3n) is 3.66. The maximum Gasteiger partial charge on any atom is 0.342 e. The van der Waals surface area contributed by atoms with Gasteiger partial charge in [0.2, 0.25) is 0 Å². The molecule has 3 rings (SSSR count). The van der Waals surface area contributed by atoms with Crippen molar-refractivity contribution in [1.29, 1.82) is 0 Å². The lowest BCUT2D eigenvalue weighted by atomic mass is 10.2. The lowest BCUT2D eigenvalue weighted by molar-refractivity contribution is 0.0469. The summed E-state index contributed by atoms with van der Waals surface area (Å²) >= 11 is 0. The van der Waals surface area contributed by atoms with E-state index in [2.05, 4.69) is 0 Å². The summed E-state index contributed by atoms with van der Waals surface area (Å²) in [7, 11) is 1.39. The summed E-state index contributed by atoms with van der Waals surface area (Å²) in [6.45, 7) is -0.0561. The fraction of sp³-hybridized carbons (Fsp3) is 0.0952. The summed E-state index contributed by atoms with van der Waals surface area (Å²) in [5.41, 5.74) is 0.823. The molecule has 0 fully saturated rings. The van der Waals surface area contributed by atoms with Crippen LogP contribution in [0.15, 0.2) is 72.8 Å². The second-order valence-electron chi connectivity index (χ2n) is 5.46. The van der Waals surface area contributed by atoms with Crippen LogP contribution in [0.1, 0.15) is 15.9 Å². The average Bonchev–Trinajstić information content (AvgIpc) is 2.67. The average molecular weight is 352 g/mol. The quantitative estimate of drug-likeness (QED) is 0.587. The highest BCUT2D eigenvalue weighted by atomic mass is 19.1. The van der Waals surface area contributed by atoms with Gasteiger partial charge >= 0.3 is 5.97 Å². The van der Waals surface area contributed by atoms with Gasteiger partial charge in [-0.3, -0.25) is 0 Å². The molecule has 0 aliphatic heterocycles. The lowest BCUT2D eigenvalue weighted by Gasteiger charge is -2.11.